The van der Waals surface area contributed by atoms with Gasteiger partial charge in [-0.15, -0.1) is 0 Å². The van der Waals surface area contributed by atoms with Gasteiger partial charge >= 0.3 is 12.2 Å². The quantitative estimate of drug-likeness (QED) is 0.296. The molecule has 4 N–H and O–H groups in total. The number of nitrogens with zero attached hydrogens (tertiary/aromatic N) is 7. The Morgan fingerprint density at radius 1 is 1.16 bits per heavy atom. The number of aromatic nitrogens is 5. The molecule has 4 aromatic heterocycles. The van der Waals surface area contributed by atoms with E-state index in [4.69, 9.17) is 20.9 Å². The third-order valence-electron chi connectivity index (χ3n) is 8.18. The third-order valence-corrected chi connectivity index (χ3v) is 8.18. The summed E-state index contributed by atoms with van der Waals surface area (Å²) in [4.78, 5) is 25.3. The summed E-state index contributed by atoms with van der Waals surface area (Å²) < 4.78 is 71.3. The van der Waals surface area contributed by atoms with E-state index in [0.717, 1.165) is 32.4 Å². The Balaban J connectivity index is 1.57. The van der Waals surface area contributed by atoms with Crippen molar-refractivity contribution in [2.75, 3.05) is 49.7 Å². The van der Waals surface area contributed by atoms with E-state index in [-0.39, 0.29) is 60.2 Å². The number of aryl methyl sites for hydroxylation is 1. The zero-order chi connectivity index (χ0) is 31.3. The van der Waals surface area contributed by atoms with Crippen LogP contribution in [-0.2, 0) is 6.18 Å². The van der Waals surface area contributed by atoms with Crippen LogP contribution in [0.1, 0.15) is 42.6 Å². The molecule has 11 nitrogen and oxygen atoms in total. The zero-order valence-corrected chi connectivity index (χ0v) is 24.3. The SMILES string of the molecule is Cc1nc(N)cc(-c2nc3c4c(nc(OCC5CCCN5C)nc4c2F)N(C(C)c2cccnc2N)CCO3)c1C(F)(F)F. The summed E-state index contributed by atoms with van der Waals surface area (Å²) >= 11 is 0. The Labute approximate surface area is 250 Å². The van der Waals surface area contributed by atoms with Crippen LogP contribution in [0.3, 0.4) is 0 Å². The standard InChI is InChI=1S/C29H31F4N9O2/c1-14-21(29(31,32)33)18(12-19(34)37-14)23-22(30)24-20-26(40-28(39-24)44-13-16-6-5-9-41(16)3)42(10-11-43-27(20)38-23)15(2)17-7-4-8-36-25(17)35/h4,7-8,12,15-16H,5-6,9-11,13H2,1-3H3,(H2,34,37)(H2,35,36). The minimum atomic E-state index is -4.87. The summed E-state index contributed by atoms with van der Waals surface area (Å²) in [5.74, 6) is -0.900. The first kappa shape index (κ1) is 29.5. The minimum Gasteiger partial charge on any atom is -0.475 e. The van der Waals surface area contributed by atoms with Gasteiger partial charge in [0.2, 0.25) is 5.88 Å². The molecule has 15 heteroatoms. The average molecular weight is 614 g/mol. The lowest BCUT2D eigenvalue weighted by Gasteiger charge is -2.30. The molecule has 0 aliphatic carbocycles. The number of ether oxygens (including phenoxy) is 2. The van der Waals surface area contributed by atoms with Gasteiger partial charge < -0.3 is 30.7 Å². The number of hydrogen-bond donors (Lipinski definition) is 2. The molecule has 0 spiro atoms. The monoisotopic (exact) mass is 613 g/mol. The van der Waals surface area contributed by atoms with Gasteiger partial charge in [-0.2, -0.15) is 23.1 Å². The molecular weight excluding hydrogens is 582 g/mol. The van der Waals surface area contributed by atoms with Crippen molar-refractivity contribution in [3.05, 3.63) is 47.0 Å². The number of alkyl halides is 3. The van der Waals surface area contributed by atoms with Gasteiger partial charge in [0.05, 0.1) is 23.8 Å². The van der Waals surface area contributed by atoms with E-state index in [1.54, 1.807) is 12.3 Å². The summed E-state index contributed by atoms with van der Waals surface area (Å²) in [6.07, 6.45) is -1.38. The van der Waals surface area contributed by atoms with Gasteiger partial charge in [0.25, 0.3) is 0 Å². The summed E-state index contributed by atoms with van der Waals surface area (Å²) in [6, 6.07) is 4.09. The van der Waals surface area contributed by atoms with Crippen LogP contribution in [0.2, 0.25) is 0 Å². The fourth-order valence-corrected chi connectivity index (χ4v) is 5.94. The number of pyridine rings is 3. The lowest BCUT2D eigenvalue weighted by atomic mass is 10.0. The first-order valence-electron chi connectivity index (χ1n) is 14.1. The first-order valence-corrected chi connectivity index (χ1v) is 14.1. The molecule has 6 heterocycles. The van der Waals surface area contributed by atoms with Crippen molar-refractivity contribution in [1.29, 1.82) is 0 Å². The highest BCUT2D eigenvalue weighted by Crippen LogP contribution is 2.45. The van der Waals surface area contributed by atoms with Crippen molar-refractivity contribution in [2.24, 2.45) is 0 Å². The van der Waals surface area contributed by atoms with E-state index < -0.39 is 40.6 Å². The van der Waals surface area contributed by atoms with Crippen LogP contribution < -0.4 is 25.8 Å². The maximum atomic E-state index is 16.6. The molecule has 1 saturated heterocycles. The number of likely N-dealkylation sites (N-methyl/N-ethyl adjacent to an activating group) is 1. The van der Waals surface area contributed by atoms with Gasteiger partial charge in [-0.25, -0.2) is 19.3 Å². The maximum absolute atomic E-state index is 16.6. The van der Waals surface area contributed by atoms with Crippen molar-refractivity contribution < 1.29 is 27.0 Å². The molecular formula is C29H31F4N9O2. The Kier molecular flexibility index (Phi) is 7.51. The number of hydrogen-bond acceptors (Lipinski definition) is 11. The highest BCUT2D eigenvalue weighted by Gasteiger charge is 2.39. The van der Waals surface area contributed by atoms with Crippen LogP contribution in [0.15, 0.2) is 24.4 Å². The number of rotatable bonds is 6. The van der Waals surface area contributed by atoms with Crippen LogP contribution in [-0.4, -0.2) is 69.2 Å². The van der Waals surface area contributed by atoms with Crippen LogP contribution in [0.25, 0.3) is 22.2 Å². The van der Waals surface area contributed by atoms with Crippen LogP contribution in [0, 0.1) is 12.7 Å². The van der Waals surface area contributed by atoms with Crippen molar-refractivity contribution in [3.8, 4) is 23.1 Å². The van der Waals surface area contributed by atoms with E-state index in [0.29, 0.717) is 11.4 Å². The number of halogens is 4. The molecule has 0 bridgehead atoms. The topological polar surface area (TPSA) is 141 Å². The van der Waals surface area contributed by atoms with Crippen LogP contribution in [0.5, 0.6) is 11.9 Å². The second-order valence-corrected chi connectivity index (χ2v) is 11.0. The van der Waals surface area contributed by atoms with Gasteiger partial charge in [0.15, 0.2) is 5.82 Å². The predicted molar refractivity (Wildman–Crippen MR) is 156 cm³/mol. The van der Waals surface area contributed by atoms with E-state index >= 15 is 4.39 Å². The largest absolute Gasteiger partial charge is 0.475 e. The van der Waals surface area contributed by atoms with Gasteiger partial charge in [0, 0.05) is 23.4 Å². The summed E-state index contributed by atoms with van der Waals surface area (Å²) in [6.45, 7) is 4.51. The van der Waals surface area contributed by atoms with Crippen molar-refractivity contribution in [3.63, 3.8) is 0 Å². The Morgan fingerprint density at radius 2 is 1.95 bits per heavy atom. The van der Waals surface area contributed by atoms with Crippen molar-refractivity contribution in [1.82, 2.24) is 29.8 Å². The maximum Gasteiger partial charge on any atom is 0.418 e. The average Bonchev–Trinajstić information content (AvgIpc) is 3.28. The van der Waals surface area contributed by atoms with Crippen LogP contribution in [0.4, 0.5) is 35.0 Å². The molecule has 232 valence electrons. The molecule has 0 amide bonds. The summed E-state index contributed by atoms with van der Waals surface area (Å²) in [5.41, 5.74) is 9.64. The van der Waals surface area contributed by atoms with Gasteiger partial charge in [-0.1, -0.05) is 6.07 Å². The highest BCUT2D eigenvalue weighted by molar-refractivity contribution is 5.97. The van der Waals surface area contributed by atoms with Crippen molar-refractivity contribution in [2.45, 2.75) is 44.9 Å². The number of likely N-dealkylation sites (tertiary alicyclic amines) is 1. The van der Waals surface area contributed by atoms with Gasteiger partial charge in [-0.3, -0.25) is 0 Å². The highest BCUT2D eigenvalue weighted by atomic mass is 19.4. The lowest BCUT2D eigenvalue weighted by Crippen LogP contribution is -2.32. The molecule has 4 aromatic rings. The van der Waals surface area contributed by atoms with Crippen molar-refractivity contribution >= 4 is 28.4 Å². The molecule has 1 fully saturated rings. The molecule has 2 atom stereocenters. The molecule has 44 heavy (non-hydrogen) atoms. The normalized spacial score (nSPS) is 17.9. The Hall–Kier alpha value is -4.53. The second-order valence-electron chi connectivity index (χ2n) is 11.0. The molecule has 2 aliphatic rings. The fourth-order valence-electron chi connectivity index (χ4n) is 5.94. The fraction of sp³-hybridized carbons (Fsp3) is 0.414. The predicted octanol–water partition coefficient (Wildman–Crippen LogP) is 4.55. The molecule has 0 aromatic carbocycles. The van der Waals surface area contributed by atoms with Crippen LogP contribution >= 0.6 is 0 Å². The first-order chi connectivity index (χ1) is 20.9. The van der Waals surface area contributed by atoms with Gasteiger partial charge in [0.1, 0.15) is 47.3 Å². The zero-order valence-electron chi connectivity index (χ0n) is 24.3. The summed E-state index contributed by atoms with van der Waals surface area (Å²) in [7, 11) is 1.99. The Morgan fingerprint density at radius 3 is 2.66 bits per heavy atom. The second kappa shape index (κ2) is 11.2. The number of nitrogen functional groups attached to an aromatic ring is 2. The molecule has 2 aliphatic heterocycles. The number of anilines is 3. The van der Waals surface area contributed by atoms with E-state index in [2.05, 4.69) is 29.8 Å². The molecule has 0 radical (unpaired) electrons. The third kappa shape index (κ3) is 5.25. The summed E-state index contributed by atoms with van der Waals surface area (Å²) in [5, 5.41) is 0.0932. The van der Waals surface area contributed by atoms with E-state index in [1.807, 2.05) is 24.9 Å². The van der Waals surface area contributed by atoms with Gasteiger partial charge in [-0.05, 0) is 52.4 Å². The Bertz CT molecular complexity index is 1740. The molecule has 6 rings (SSSR count). The van der Waals surface area contributed by atoms with E-state index in [9.17, 15) is 13.2 Å². The molecule has 2 unspecified atom stereocenters. The minimum absolute atomic E-state index is 0.0563. The smallest absolute Gasteiger partial charge is 0.418 e. The van der Waals surface area contributed by atoms with E-state index in [1.165, 1.54) is 0 Å². The lowest BCUT2D eigenvalue weighted by molar-refractivity contribution is -0.137. The molecule has 0 saturated carbocycles. The number of nitrogens with two attached hydrogens (primary N) is 2.